The van der Waals surface area contributed by atoms with Gasteiger partial charge in [0.1, 0.15) is 0 Å². The highest BCUT2D eigenvalue weighted by Crippen LogP contribution is 2.30. The molecule has 0 radical (unpaired) electrons. The van der Waals surface area contributed by atoms with Crippen molar-refractivity contribution < 1.29 is 0 Å². The number of halogens is 2. The number of nitrogens with zero attached hydrogens (tertiary/aromatic N) is 2. The molecule has 0 N–H and O–H groups in total. The van der Waals surface area contributed by atoms with Gasteiger partial charge in [-0.05, 0) is 30.5 Å². The molecular weight excluding hydrogens is 255 g/mol. The summed E-state index contributed by atoms with van der Waals surface area (Å²) in [7, 11) is 0. The third-order valence-corrected chi connectivity index (χ3v) is 3.55. The molecule has 1 fully saturated rings. The number of rotatable bonds is 5. The maximum Gasteiger partial charge on any atom is 0.0635 e. The lowest BCUT2D eigenvalue weighted by molar-refractivity contribution is 0.261. The molecular formula is C13H14Cl2N2. The van der Waals surface area contributed by atoms with Crippen LogP contribution in [-0.2, 0) is 6.54 Å². The zero-order valence-corrected chi connectivity index (χ0v) is 11.0. The monoisotopic (exact) mass is 268 g/mol. The van der Waals surface area contributed by atoms with Crippen LogP contribution in [0.15, 0.2) is 18.2 Å². The Labute approximate surface area is 112 Å². The van der Waals surface area contributed by atoms with Gasteiger partial charge in [-0.3, -0.25) is 4.90 Å². The Hall–Kier alpha value is -0.750. The zero-order chi connectivity index (χ0) is 12.3. The topological polar surface area (TPSA) is 27.0 Å². The molecule has 1 aliphatic rings. The smallest absolute Gasteiger partial charge is 0.0635 e. The number of benzene rings is 1. The number of nitriles is 1. The molecule has 0 aromatic heterocycles. The molecule has 0 saturated heterocycles. The lowest BCUT2D eigenvalue weighted by Gasteiger charge is -2.21. The summed E-state index contributed by atoms with van der Waals surface area (Å²) in [4.78, 5) is 2.33. The first-order valence-corrected chi connectivity index (χ1v) is 6.51. The summed E-state index contributed by atoms with van der Waals surface area (Å²) in [5, 5.41) is 10.0. The summed E-state index contributed by atoms with van der Waals surface area (Å²) >= 11 is 12.0. The van der Waals surface area contributed by atoms with E-state index in [9.17, 15) is 0 Å². The van der Waals surface area contributed by atoms with Crippen molar-refractivity contribution in [2.45, 2.75) is 31.8 Å². The van der Waals surface area contributed by atoms with Gasteiger partial charge in [-0.25, -0.2) is 0 Å². The molecule has 0 heterocycles. The highest BCUT2D eigenvalue weighted by Gasteiger charge is 2.28. The van der Waals surface area contributed by atoms with E-state index in [0.717, 1.165) is 18.7 Å². The fourth-order valence-electron chi connectivity index (χ4n) is 1.89. The Morgan fingerprint density at radius 3 is 2.71 bits per heavy atom. The van der Waals surface area contributed by atoms with E-state index in [1.165, 1.54) is 12.8 Å². The van der Waals surface area contributed by atoms with E-state index < -0.39 is 0 Å². The molecule has 4 heteroatoms. The summed E-state index contributed by atoms with van der Waals surface area (Å²) in [6.07, 6.45) is 3.04. The zero-order valence-electron chi connectivity index (χ0n) is 9.50. The van der Waals surface area contributed by atoms with E-state index in [1.54, 1.807) is 6.07 Å². The Morgan fingerprint density at radius 2 is 2.12 bits per heavy atom. The largest absolute Gasteiger partial charge is 0.295 e. The average Bonchev–Trinajstić information content (AvgIpc) is 3.11. The van der Waals surface area contributed by atoms with Gasteiger partial charge in [-0.2, -0.15) is 5.26 Å². The van der Waals surface area contributed by atoms with Crippen molar-refractivity contribution in [3.63, 3.8) is 0 Å². The van der Waals surface area contributed by atoms with Crippen molar-refractivity contribution in [3.05, 3.63) is 33.8 Å². The van der Waals surface area contributed by atoms with Crippen LogP contribution >= 0.6 is 23.2 Å². The number of hydrogen-bond acceptors (Lipinski definition) is 2. The van der Waals surface area contributed by atoms with Gasteiger partial charge in [0.2, 0.25) is 0 Å². The van der Waals surface area contributed by atoms with Crippen LogP contribution in [0.1, 0.15) is 24.8 Å². The molecule has 1 aromatic carbocycles. The van der Waals surface area contributed by atoms with E-state index in [2.05, 4.69) is 11.0 Å². The molecule has 0 bridgehead atoms. The normalized spacial score (nSPS) is 14.9. The van der Waals surface area contributed by atoms with Gasteiger partial charge in [0.25, 0.3) is 0 Å². The van der Waals surface area contributed by atoms with Gasteiger partial charge in [-0.1, -0.05) is 29.3 Å². The van der Waals surface area contributed by atoms with Crippen molar-refractivity contribution in [2.24, 2.45) is 0 Å². The molecule has 1 aliphatic carbocycles. The van der Waals surface area contributed by atoms with Crippen molar-refractivity contribution in [1.82, 2.24) is 4.90 Å². The molecule has 2 rings (SSSR count). The lowest BCUT2D eigenvalue weighted by atomic mass is 10.2. The van der Waals surface area contributed by atoms with Crippen LogP contribution in [0.25, 0.3) is 0 Å². The second kappa shape index (κ2) is 5.73. The minimum Gasteiger partial charge on any atom is -0.295 e. The summed E-state index contributed by atoms with van der Waals surface area (Å²) in [6, 6.07) is 8.42. The van der Waals surface area contributed by atoms with Crippen LogP contribution in [0.2, 0.25) is 10.0 Å². The standard InChI is InChI=1S/C13H14Cl2N2/c14-11-3-2-10(13(15)8-11)9-17(7-1-6-16)12-4-5-12/h2-3,8,12H,1,4-5,7,9H2. The van der Waals surface area contributed by atoms with E-state index in [4.69, 9.17) is 28.5 Å². The highest BCUT2D eigenvalue weighted by atomic mass is 35.5. The SMILES string of the molecule is N#CCCN(Cc1ccc(Cl)cc1Cl)C1CC1. The number of hydrogen-bond donors (Lipinski definition) is 0. The average molecular weight is 269 g/mol. The van der Waals surface area contributed by atoms with Crippen LogP contribution in [0.3, 0.4) is 0 Å². The van der Waals surface area contributed by atoms with Crippen molar-refractivity contribution in [3.8, 4) is 6.07 Å². The van der Waals surface area contributed by atoms with Crippen molar-refractivity contribution in [2.75, 3.05) is 6.54 Å². The molecule has 0 amide bonds. The fourth-order valence-corrected chi connectivity index (χ4v) is 2.36. The Balaban J connectivity index is 2.03. The first-order chi connectivity index (χ1) is 8.20. The Bertz CT molecular complexity index is 436. The Kier molecular flexibility index (Phi) is 4.28. The minimum absolute atomic E-state index is 0.571. The summed E-state index contributed by atoms with van der Waals surface area (Å²) < 4.78 is 0. The molecule has 1 saturated carbocycles. The summed E-state index contributed by atoms with van der Waals surface area (Å²) in [5.74, 6) is 0. The predicted octanol–water partition coefficient (Wildman–Crippen LogP) is 3.87. The molecule has 17 heavy (non-hydrogen) atoms. The summed E-state index contributed by atoms with van der Waals surface area (Å²) in [5.41, 5.74) is 1.08. The third-order valence-electron chi connectivity index (χ3n) is 2.96. The van der Waals surface area contributed by atoms with Gasteiger partial charge in [0.05, 0.1) is 6.07 Å². The maximum atomic E-state index is 8.65. The highest BCUT2D eigenvalue weighted by molar-refractivity contribution is 6.35. The second-order valence-electron chi connectivity index (χ2n) is 4.35. The molecule has 2 nitrogen and oxygen atoms in total. The molecule has 0 unspecified atom stereocenters. The van der Waals surface area contributed by atoms with Gasteiger partial charge < -0.3 is 0 Å². The molecule has 90 valence electrons. The van der Waals surface area contributed by atoms with Gasteiger partial charge >= 0.3 is 0 Å². The lowest BCUT2D eigenvalue weighted by Crippen LogP contribution is -2.26. The fraction of sp³-hybridized carbons (Fsp3) is 0.462. The predicted molar refractivity (Wildman–Crippen MR) is 70.1 cm³/mol. The van der Waals surface area contributed by atoms with Crippen LogP contribution in [-0.4, -0.2) is 17.5 Å². The van der Waals surface area contributed by atoms with E-state index in [1.807, 2.05) is 12.1 Å². The van der Waals surface area contributed by atoms with Crippen LogP contribution in [0.5, 0.6) is 0 Å². The third kappa shape index (κ3) is 3.61. The van der Waals surface area contributed by atoms with Crippen LogP contribution < -0.4 is 0 Å². The van der Waals surface area contributed by atoms with E-state index >= 15 is 0 Å². The van der Waals surface area contributed by atoms with Gasteiger partial charge in [0.15, 0.2) is 0 Å². The van der Waals surface area contributed by atoms with E-state index in [-0.39, 0.29) is 0 Å². The van der Waals surface area contributed by atoms with Gasteiger partial charge in [0, 0.05) is 35.6 Å². The minimum atomic E-state index is 0.571. The van der Waals surface area contributed by atoms with Crippen molar-refractivity contribution in [1.29, 1.82) is 5.26 Å². The Morgan fingerprint density at radius 1 is 1.35 bits per heavy atom. The quantitative estimate of drug-likeness (QED) is 0.811. The molecule has 1 aromatic rings. The molecule has 0 atom stereocenters. The molecule has 0 aliphatic heterocycles. The van der Waals surface area contributed by atoms with Crippen LogP contribution in [0.4, 0.5) is 0 Å². The van der Waals surface area contributed by atoms with E-state index in [0.29, 0.717) is 22.5 Å². The van der Waals surface area contributed by atoms with Crippen molar-refractivity contribution >= 4 is 23.2 Å². The maximum absolute atomic E-state index is 8.65. The summed E-state index contributed by atoms with van der Waals surface area (Å²) in [6.45, 7) is 1.63. The first-order valence-electron chi connectivity index (χ1n) is 5.75. The first kappa shape index (κ1) is 12.7. The molecule has 0 spiro atoms. The van der Waals surface area contributed by atoms with Gasteiger partial charge in [-0.15, -0.1) is 0 Å². The second-order valence-corrected chi connectivity index (χ2v) is 5.19. The van der Waals surface area contributed by atoms with Crippen LogP contribution in [0, 0.1) is 11.3 Å².